The van der Waals surface area contributed by atoms with E-state index in [2.05, 4.69) is 27.8 Å². The molecular weight excluding hydrogens is 248 g/mol. The molecule has 1 aliphatic heterocycles. The Hall–Kier alpha value is -2.38. The van der Waals surface area contributed by atoms with Crippen molar-refractivity contribution in [3.8, 4) is 6.07 Å². The molecule has 4 nitrogen and oxygen atoms in total. The van der Waals surface area contributed by atoms with Gasteiger partial charge in [-0.1, -0.05) is 29.8 Å². The van der Waals surface area contributed by atoms with Crippen LogP contribution < -0.4 is 10.6 Å². The molecule has 3 rings (SSSR count). The highest BCUT2D eigenvalue weighted by atomic mass is 15.0. The second-order valence-electron chi connectivity index (χ2n) is 4.86. The van der Waals surface area contributed by atoms with Crippen molar-refractivity contribution in [2.45, 2.75) is 6.42 Å². The fourth-order valence-electron chi connectivity index (χ4n) is 2.36. The van der Waals surface area contributed by atoms with E-state index in [0.717, 1.165) is 37.0 Å². The molecule has 0 aliphatic carbocycles. The van der Waals surface area contributed by atoms with Gasteiger partial charge in [0.25, 0.3) is 0 Å². The predicted molar refractivity (Wildman–Crippen MR) is 80.5 cm³/mol. The number of benzene rings is 1. The summed E-state index contributed by atoms with van der Waals surface area (Å²) in [7, 11) is 0. The van der Waals surface area contributed by atoms with Gasteiger partial charge in [0.15, 0.2) is 0 Å². The summed E-state index contributed by atoms with van der Waals surface area (Å²) in [6.07, 6.45) is 3.24. The SMILES string of the molecule is N#Cc1cc2ccccc2nc1NCC1=CCNCC1. The van der Waals surface area contributed by atoms with Crippen molar-refractivity contribution in [2.75, 3.05) is 25.0 Å². The molecule has 0 saturated heterocycles. The highest BCUT2D eigenvalue weighted by Crippen LogP contribution is 2.20. The highest BCUT2D eigenvalue weighted by molar-refractivity contribution is 5.82. The highest BCUT2D eigenvalue weighted by Gasteiger charge is 2.08. The molecule has 1 aliphatic rings. The average molecular weight is 264 g/mol. The van der Waals surface area contributed by atoms with Gasteiger partial charge in [0.1, 0.15) is 11.9 Å². The van der Waals surface area contributed by atoms with Gasteiger partial charge in [0, 0.05) is 18.5 Å². The number of fused-ring (bicyclic) bond motifs is 1. The number of nitriles is 1. The van der Waals surface area contributed by atoms with Crippen molar-refractivity contribution in [2.24, 2.45) is 0 Å². The van der Waals surface area contributed by atoms with Crippen LogP contribution >= 0.6 is 0 Å². The van der Waals surface area contributed by atoms with Gasteiger partial charge in [0.2, 0.25) is 0 Å². The largest absolute Gasteiger partial charge is 0.365 e. The molecule has 2 N–H and O–H groups in total. The molecule has 0 fully saturated rings. The lowest BCUT2D eigenvalue weighted by molar-refractivity contribution is 0.698. The van der Waals surface area contributed by atoms with E-state index in [1.807, 2.05) is 30.3 Å². The second-order valence-corrected chi connectivity index (χ2v) is 4.86. The fourth-order valence-corrected chi connectivity index (χ4v) is 2.36. The van der Waals surface area contributed by atoms with Crippen molar-refractivity contribution >= 4 is 16.7 Å². The maximum atomic E-state index is 9.26. The Labute approximate surface area is 118 Å². The van der Waals surface area contributed by atoms with E-state index in [1.54, 1.807) is 0 Å². The minimum atomic E-state index is 0.596. The smallest absolute Gasteiger partial charge is 0.144 e. The van der Waals surface area contributed by atoms with Gasteiger partial charge >= 0.3 is 0 Å². The molecule has 1 aromatic carbocycles. The summed E-state index contributed by atoms with van der Waals surface area (Å²) in [5.41, 5.74) is 2.87. The van der Waals surface area contributed by atoms with Gasteiger partial charge in [-0.2, -0.15) is 5.26 Å². The molecule has 1 aromatic heterocycles. The zero-order valence-electron chi connectivity index (χ0n) is 11.2. The van der Waals surface area contributed by atoms with Gasteiger partial charge in [-0.25, -0.2) is 4.98 Å². The lowest BCUT2D eigenvalue weighted by Crippen LogP contribution is -2.23. The van der Waals surface area contributed by atoms with E-state index in [-0.39, 0.29) is 0 Å². The Morgan fingerprint density at radius 1 is 1.35 bits per heavy atom. The third kappa shape index (κ3) is 2.63. The summed E-state index contributed by atoms with van der Waals surface area (Å²) < 4.78 is 0. The Morgan fingerprint density at radius 3 is 3.05 bits per heavy atom. The molecule has 100 valence electrons. The number of rotatable bonds is 3. The van der Waals surface area contributed by atoms with Crippen LogP contribution in [0.2, 0.25) is 0 Å². The zero-order chi connectivity index (χ0) is 13.8. The standard InChI is InChI=1S/C16H16N4/c17-10-14-9-13-3-1-2-4-15(13)20-16(14)19-11-12-5-7-18-8-6-12/h1-5,9,18H,6-8,11H2,(H,19,20). The number of nitrogens with one attached hydrogen (secondary N) is 2. The Balaban J connectivity index is 1.86. The van der Waals surface area contributed by atoms with Crippen molar-refractivity contribution < 1.29 is 0 Å². The number of pyridine rings is 1. The maximum Gasteiger partial charge on any atom is 0.144 e. The minimum absolute atomic E-state index is 0.596. The topological polar surface area (TPSA) is 60.7 Å². The van der Waals surface area contributed by atoms with E-state index in [4.69, 9.17) is 0 Å². The Bertz CT molecular complexity index is 697. The number of para-hydroxylation sites is 1. The predicted octanol–water partition coefficient (Wildman–Crippen LogP) is 2.44. The average Bonchev–Trinajstić information content (AvgIpc) is 2.53. The number of hydrogen-bond acceptors (Lipinski definition) is 4. The summed E-state index contributed by atoms with van der Waals surface area (Å²) in [6, 6.07) is 12.0. The summed E-state index contributed by atoms with van der Waals surface area (Å²) in [5, 5.41) is 16.8. The Kier molecular flexibility index (Phi) is 3.62. The first kappa shape index (κ1) is 12.6. The monoisotopic (exact) mass is 264 g/mol. The maximum absolute atomic E-state index is 9.26. The van der Waals surface area contributed by atoms with Crippen LogP contribution in [0.5, 0.6) is 0 Å². The first-order valence-electron chi connectivity index (χ1n) is 6.79. The summed E-state index contributed by atoms with van der Waals surface area (Å²) in [6.45, 7) is 2.69. The van der Waals surface area contributed by atoms with Gasteiger partial charge < -0.3 is 10.6 Å². The summed E-state index contributed by atoms with van der Waals surface area (Å²) >= 11 is 0. The molecule has 2 heterocycles. The molecular formula is C16H16N4. The van der Waals surface area contributed by atoms with E-state index < -0.39 is 0 Å². The van der Waals surface area contributed by atoms with Crippen LogP contribution in [-0.2, 0) is 0 Å². The van der Waals surface area contributed by atoms with Crippen LogP contribution in [-0.4, -0.2) is 24.6 Å². The van der Waals surface area contributed by atoms with E-state index in [9.17, 15) is 5.26 Å². The molecule has 0 bridgehead atoms. The number of anilines is 1. The normalized spacial score (nSPS) is 14.7. The molecule has 0 atom stereocenters. The quantitative estimate of drug-likeness (QED) is 0.836. The second kappa shape index (κ2) is 5.72. The van der Waals surface area contributed by atoms with Crippen LogP contribution in [0.15, 0.2) is 42.0 Å². The molecule has 0 spiro atoms. The van der Waals surface area contributed by atoms with Crippen LogP contribution in [0.3, 0.4) is 0 Å². The van der Waals surface area contributed by atoms with Gasteiger partial charge in [-0.15, -0.1) is 0 Å². The molecule has 0 unspecified atom stereocenters. The number of aromatic nitrogens is 1. The van der Waals surface area contributed by atoms with Gasteiger partial charge in [-0.05, 0) is 25.1 Å². The lowest BCUT2D eigenvalue weighted by Gasteiger charge is -2.15. The third-order valence-electron chi connectivity index (χ3n) is 3.49. The molecule has 0 radical (unpaired) electrons. The number of nitrogens with zero attached hydrogens (tertiary/aromatic N) is 2. The van der Waals surface area contributed by atoms with Gasteiger partial charge in [-0.3, -0.25) is 0 Å². The summed E-state index contributed by atoms with van der Waals surface area (Å²) in [4.78, 5) is 4.55. The van der Waals surface area contributed by atoms with E-state index in [1.165, 1.54) is 5.57 Å². The Morgan fingerprint density at radius 2 is 2.25 bits per heavy atom. The van der Waals surface area contributed by atoms with Gasteiger partial charge in [0.05, 0.1) is 11.1 Å². The first-order valence-corrected chi connectivity index (χ1v) is 6.79. The fraction of sp³-hybridized carbons (Fsp3) is 0.250. The molecule has 0 saturated carbocycles. The van der Waals surface area contributed by atoms with Crippen LogP contribution in [0, 0.1) is 11.3 Å². The van der Waals surface area contributed by atoms with Crippen LogP contribution in [0.1, 0.15) is 12.0 Å². The van der Waals surface area contributed by atoms with E-state index >= 15 is 0 Å². The third-order valence-corrected chi connectivity index (χ3v) is 3.49. The molecule has 2 aromatic rings. The van der Waals surface area contributed by atoms with Crippen LogP contribution in [0.4, 0.5) is 5.82 Å². The zero-order valence-corrected chi connectivity index (χ0v) is 11.2. The van der Waals surface area contributed by atoms with Crippen LogP contribution in [0.25, 0.3) is 10.9 Å². The summed E-state index contributed by atoms with van der Waals surface area (Å²) in [5.74, 6) is 0.672. The van der Waals surface area contributed by atoms with Crippen molar-refractivity contribution in [3.63, 3.8) is 0 Å². The van der Waals surface area contributed by atoms with E-state index in [0.29, 0.717) is 11.4 Å². The lowest BCUT2D eigenvalue weighted by atomic mass is 10.1. The van der Waals surface area contributed by atoms with Crippen molar-refractivity contribution in [1.82, 2.24) is 10.3 Å². The molecule has 20 heavy (non-hydrogen) atoms. The van der Waals surface area contributed by atoms with Crippen molar-refractivity contribution in [1.29, 1.82) is 5.26 Å². The first-order chi connectivity index (χ1) is 9.86. The molecule has 0 amide bonds. The molecule has 4 heteroatoms. The van der Waals surface area contributed by atoms with Crippen molar-refractivity contribution in [3.05, 3.63) is 47.5 Å². The number of hydrogen-bond donors (Lipinski definition) is 2. The minimum Gasteiger partial charge on any atom is -0.365 e.